The van der Waals surface area contributed by atoms with Gasteiger partial charge in [0.15, 0.2) is 0 Å². The second-order valence-corrected chi connectivity index (χ2v) is 4.98. The second kappa shape index (κ2) is 6.06. The lowest BCUT2D eigenvalue weighted by atomic mass is 9.99. The van der Waals surface area contributed by atoms with Crippen LogP contribution in [-0.4, -0.2) is 36.5 Å². The Morgan fingerprint density at radius 2 is 2.26 bits per heavy atom. The predicted molar refractivity (Wildman–Crippen MR) is 75.5 cm³/mol. The van der Waals surface area contributed by atoms with Crippen LogP contribution in [0.1, 0.15) is 36.2 Å². The molecule has 0 saturated heterocycles. The summed E-state index contributed by atoms with van der Waals surface area (Å²) in [7, 11) is 0. The van der Waals surface area contributed by atoms with Gasteiger partial charge in [-0.15, -0.1) is 0 Å². The normalized spacial score (nSPS) is 17.9. The molecule has 1 aliphatic heterocycles. The van der Waals surface area contributed by atoms with Crippen molar-refractivity contribution in [1.29, 1.82) is 0 Å². The third-order valence-electron chi connectivity index (χ3n) is 3.67. The number of nitrogens with zero attached hydrogens (tertiary/aromatic N) is 1. The van der Waals surface area contributed by atoms with Gasteiger partial charge in [-0.25, -0.2) is 0 Å². The fourth-order valence-electron chi connectivity index (χ4n) is 2.65. The SMILES string of the molecule is CCCN(CC)C1COc2ccc(C(N)=O)cc2C1. The number of likely N-dealkylation sites (N-methyl/N-ethyl adjacent to an activating group) is 1. The third-order valence-corrected chi connectivity index (χ3v) is 3.67. The van der Waals surface area contributed by atoms with Crippen LogP contribution in [-0.2, 0) is 6.42 Å². The van der Waals surface area contributed by atoms with Gasteiger partial charge in [0, 0.05) is 11.6 Å². The first-order valence-corrected chi connectivity index (χ1v) is 6.95. The first-order chi connectivity index (χ1) is 9.15. The lowest BCUT2D eigenvalue weighted by Gasteiger charge is -2.34. The highest BCUT2D eigenvalue weighted by molar-refractivity contribution is 5.93. The Kier molecular flexibility index (Phi) is 4.43. The van der Waals surface area contributed by atoms with Crippen molar-refractivity contribution in [2.75, 3.05) is 19.7 Å². The van der Waals surface area contributed by atoms with Crippen molar-refractivity contribution in [2.24, 2.45) is 5.73 Å². The summed E-state index contributed by atoms with van der Waals surface area (Å²) in [5.41, 5.74) is 6.97. The fourth-order valence-corrected chi connectivity index (χ4v) is 2.65. The molecular formula is C15H22N2O2. The summed E-state index contributed by atoms with van der Waals surface area (Å²) in [4.78, 5) is 13.7. The zero-order chi connectivity index (χ0) is 13.8. The molecule has 1 amide bonds. The maximum atomic E-state index is 11.2. The van der Waals surface area contributed by atoms with Gasteiger partial charge < -0.3 is 10.5 Å². The summed E-state index contributed by atoms with van der Waals surface area (Å²) in [5, 5.41) is 0. The van der Waals surface area contributed by atoms with E-state index < -0.39 is 0 Å². The van der Waals surface area contributed by atoms with Gasteiger partial charge in [-0.2, -0.15) is 0 Å². The molecule has 1 aliphatic rings. The predicted octanol–water partition coefficient (Wildman–Crippen LogP) is 1.82. The maximum absolute atomic E-state index is 11.2. The van der Waals surface area contributed by atoms with Crippen molar-refractivity contribution < 1.29 is 9.53 Å². The van der Waals surface area contributed by atoms with Gasteiger partial charge in [-0.05, 0) is 49.7 Å². The minimum absolute atomic E-state index is 0.383. The number of carbonyl (C=O) groups is 1. The Morgan fingerprint density at radius 3 is 2.89 bits per heavy atom. The van der Waals surface area contributed by atoms with E-state index in [0.717, 1.165) is 43.9 Å². The molecule has 0 bridgehead atoms. The summed E-state index contributed by atoms with van der Waals surface area (Å²) in [6.45, 7) is 7.18. The van der Waals surface area contributed by atoms with E-state index in [0.29, 0.717) is 11.6 Å². The molecule has 4 nitrogen and oxygen atoms in total. The number of hydrogen-bond donors (Lipinski definition) is 1. The number of ether oxygens (including phenoxy) is 1. The lowest BCUT2D eigenvalue weighted by Crippen LogP contribution is -2.43. The van der Waals surface area contributed by atoms with Crippen LogP contribution in [0.15, 0.2) is 18.2 Å². The molecule has 0 radical (unpaired) electrons. The number of hydrogen-bond acceptors (Lipinski definition) is 3. The smallest absolute Gasteiger partial charge is 0.248 e. The molecule has 0 spiro atoms. The van der Waals surface area contributed by atoms with Crippen LogP contribution in [0.5, 0.6) is 5.75 Å². The van der Waals surface area contributed by atoms with Crippen LogP contribution in [0.4, 0.5) is 0 Å². The van der Waals surface area contributed by atoms with Crippen LogP contribution >= 0.6 is 0 Å². The van der Waals surface area contributed by atoms with Crippen molar-refractivity contribution in [2.45, 2.75) is 32.7 Å². The van der Waals surface area contributed by atoms with Crippen LogP contribution in [0.25, 0.3) is 0 Å². The number of carbonyl (C=O) groups excluding carboxylic acids is 1. The Balaban J connectivity index is 2.17. The minimum Gasteiger partial charge on any atom is -0.492 e. The third kappa shape index (κ3) is 3.07. The van der Waals surface area contributed by atoms with Crippen LogP contribution in [0.2, 0.25) is 0 Å². The van der Waals surface area contributed by atoms with E-state index in [1.54, 1.807) is 6.07 Å². The summed E-state index contributed by atoms with van der Waals surface area (Å²) >= 11 is 0. The maximum Gasteiger partial charge on any atom is 0.248 e. The van der Waals surface area contributed by atoms with E-state index in [1.807, 2.05) is 12.1 Å². The second-order valence-electron chi connectivity index (χ2n) is 4.98. The molecule has 1 aromatic carbocycles. The molecule has 0 saturated carbocycles. The zero-order valence-electron chi connectivity index (χ0n) is 11.7. The van der Waals surface area contributed by atoms with Gasteiger partial charge in [0.05, 0.1) is 0 Å². The first-order valence-electron chi connectivity index (χ1n) is 6.95. The molecule has 104 valence electrons. The summed E-state index contributed by atoms with van der Waals surface area (Å²) in [6, 6.07) is 5.83. The molecule has 2 N–H and O–H groups in total. The van der Waals surface area contributed by atoms with Gasteiger partial charge in [-0.1, -0.05) is 13.8 Å². The van der Waals surface area contributed by atoms with E-state index >= 15 is 0 Å². The summed E-state index contributed by atoms with van der Waals surface area (Å²) in [6.07, 6.45) is 2.06. The zero-order valence-corrected chi connectivity index (χ0v) is 11.7. The number of nitrogens with two attached hydrogens (primary N) is 1. The largest absolute Gasteiger partial charge is 0.492 e. The molecule has 2 rings (SSSR count). The van der Waals surface area contributed by atoms with Crippen LogP contribution in [0.3, 0.4) is 0 Å². The van der Waals surface area contributed by atoms with E-state index in [-0.39, 0.29) is 5.91 Å². The number of benzene rings is 1. The van der Waals surface area contributed by atoms with Gasteiger partial charge >= 0.3 is 0 Å². The highest BCUT2D eigenvalue weighted by Crippen LogP contribution is 2.27. The van der Waals surface area contributed by atoms with E-state index in [1.165, 1.54) is 0 Å². The molecule has 1 atom stereocenters. The van der Waals surface area contributed by atoms with Crippen molar-refractivity contribution in [1.82, 2.24) is 4.90 Å². The van der Waals surface area contributed by atoms with Crippen molar-refractivity contribution in [3.05, 3.63) is 29.3 Å². The minimum atomic E-state index is -0.383. The molecule has 4 heteroatoms. The number of fused-ring (bicyclic) bond motifs is 1. The number of amides is 1. The van der Waals surface area contributed by atoms with Crippen LogP contribution in [0, 0.1) is 0 Å². The average molecular weight is 262 g/mol. The Hall–Kier alpha value is -1.55. The standard InChI is InChI=1S/C15H22N2O2/c1-3-7-17(4-2)13-9-12-8-11(15(16)18)5-6-14(12)19-10-13/h5-6,8,13H,3-4,7,9-10H2,1-2H3,(H2,16,18). The summed E-state index contributed by atoms with van der Waals surface area (Å²) < 4.78 is 5.81. The van der Waals surface area contributed by atoms with Gasteiger partial charge in [-0.3, -0.25) is 9.69 Å². The highest BCUT2D eigenvalue weighted by Gasteiger charge is 2.24. The van der Waals surface area contributed by atoms with Crippen molar-refractivity contribution >= 4 is 5.91 Å². The quantitative estimate of drug-likeness (QED) is 0.880. The topological polar surface area (TPSA) is 55.6 Å². The molecule has 1 heterocycles. The van der Waals surface area contributed by atoms with E-state index in [4.69, 9.17) is 10.5 Å². The van der Waals surface area contributed by atoms with E-state index in [2.05, 4.69) is 18.7 Å². The molecule has 1 aromatic rings. The van der Waals surface area contributed by atoms with Crippen molar-refractivity contribution in [3.63, 3.8) is 0 Å². The number of rotatable bonds is 5. The Labute approximate surface area is 114 Å². The van der Waals surface area contributed by atoms with Gasteiger partial charge in [0.2, 0.25) is 5.91 Å². The van der Waals surface area contributed by atoms with Crippen LogP contribution < -0.4 is 10.5 Å². The molecule has 19 heavy (non-hydrogen) atoms. The first kappa shape index (κ1) is 13.9. The Bertz CT molecular complexity index is 459. The molecule has 0 fully saturated rings. The van der Waals surface area contributed by atoms with Crippen molar-refractivity contribution in [3.8, 4) is 5.75 Å². The fraction of sp³-hybridized carbons (Fsp3) is 0.533. The molecule has 1 unspecified atom stereocenters. The number of primary amides is 1. The molecule has 0 aromatic heterocycles. The Morgan fingerprint density at radius 1 is 1.47 bits per heavy atom. The van der Waals surface area contributed by atoms with Gasteiger partial charge in [0.1, 0.15) is 12.4 Å². The molecular weight excluding hydrogens is 240 g/mol. The average Bonchev–Trinajstić information content (AvgIpc) is 2.43. The van der Waals surface area contributed by atoms with Gasteiger partial charge in [0.25, 0.3) is 0 Å². The highest BCUT2D eigenvalue weighted by atomic mass is 16.5. The molecule has 0 aliphatic carbocycles. The van der Waals surface area contributed by atoms with E-state index in [9.17, 15) is 4.79 Å². The lowest BCUT2D eigenvalue weighted by molar-refractivity contribution is 0.0999. The summed E-state index contributed by atoms with van der Waals surface area (Å²) in [5.74, 6) is 0.500. The monoisotopic (exact) mass is 262 g/mol.